The molecule has 0 fully saturated rings. The van der Waals surface area contributed by atoms with Gasteiger partial charge in [-0.2, -0.15) is 0 Å². The van der Waals surface area contributed by atoms with Gasteiger partial charge in [-0.15, -0.1) is 0 Å². The smallest absolute Gasteiger partial charge is 0.255 e. The summed E-state index contributed by atoms with van der Waals surface area (Å²) in [5, 5.41) is 5.97. The van der Waals surface area contributed by atoms with Crippen LogP contribution in [0.3, 0.4) is 0 Å². The molecular weight excluding hydrogens is 379 g/mol. The van der Waals surface area contributed by atoms with Gasteiger partial charge in [0.1, 0.15) is 18.0 Å². The standard InChI is InChI=1S/C24H19FN4O/c1-16-4-2-5-17(12-16)22-14-23(27-15-26-22)28-21-7-3-6-18(13-21)24(30)29-20-10-8-19(25)9-11-20/h2-15H,1H3,(H,29,30)(H,26,27,28). The fourth-order valence-corrected chi connectivity index (χ4v) is 3.01. The van der Waals surface area contributed by atoms with E-state index in [1.54, 1.807) is 18.2 Å². The van der Waals surface area contributed by atoms with Crippen LogP contribution in [-0.4, -0.2) is 15.9 Å². The van der Waals surface area contributed by atoms with Gasteiger partial charge in [-0.1, -0.05) is 29.8 Å². The summed E-state index contributed by atoms with van der Waals surface area (Å²) >= 11 is 0. The van der Waals surface area contributed by atoms with Crippen LogP contribution in [0.15, 0.2) is 85.2 Å². The Morgan fingerprint density at radius 2 is 1.67 bits per heavy atom. The van der Waals surface area contributed by atoms with E-state index in [0.717, 1.165) is 22.5 Å². The van der Waals surface area contributed by atoms with Crippen molar-refractivity contribution < 1.29 is 9.18 Å². The van der Waals surface area contributed by atoms with Gasteiger partial charge in [-0.05, 0) is 55.5 Å². The topological polar surface area (TPSA) is 66.9 Å². The molecule has 1 aromatic heterocycles. The van der Waals surface area contributed by atoms with Crippen molar-refractivity contribution in [2.75, 3.05) is 10.6 Å². The number of anilines is 3. The minimum Gasteiger partial charge on any atom is -0.340 e. The molecule has 148 valence electrons. The molecule has 1 heterocycles. The van der Waals surface area contributed by atoms with Crippen LogP contribution in [0.2, 0.25) is 0 Å². The summed E-state index contributed by atoms with van der Waals surface area (Å²) in [5.41, 5.74) is 4.68. The van der Waals surface area contributed by atoms with Gasteiger partial charge < -0.3 is 10.6 Å². The number of hydrogen-bond donors (Lipinski definition) is 2. The average Bonchev–Trinajstić information content (AvgIpc) is 2.76. The molecule has 0 aliphatic heterocycles. The van der Waals surface area contributed by atoms with E-state index in [0.29, 0.717) is 17.1 Å². The lowest BCUT2D eigenvalue weighted by Crippen LogP contribution is -2.12. The van der Waals surface area contributed by atoms with Crippen molar-refractivity contribution in [3.8, 4) is 11.3 Å². The highest BCUT2D eigenvalue weighted by atomic mass is 19.1. The highest BCUT2D eigenvalue weighted by Crippen LogP contribution is 2.22. The highest BCUT2D eigenvalue weighted by Gasteiger charge is 2.08. The van der Waals surface area contributed by atoms with E-state index in [9.17, 15) is 9.18 Å². The van der Waals surface area contributed by atoms with Crippen LogP contribution < -0.4 is 10.6 Å². The van der Waals surface area contributed by atoms with E-state index in [2.05, 4.69) is 26.7 Å². The molecule has 0 radical (unpaired) electrons. The quantitative estimate of drug-likeness (QED) is 0.460. The second-order valence-corrected chi connectivity index (χ2v) is 6.82. The molecule has 0 bridgehead atoms. The number of aromatic nitrogens is 2. The van der Waals surface area contributed by atoms with Crippen LogP contribution in [0, 0.1) is 12.7 Å². The number of carbonyl (C=O) groups is 1. The Hall–Kier alpha value is -4.06. The first-order valence-corrected chi connectivity index (χ1v) is 9.40. The summed E-state index contributed by atoms with van der Waals surface area (Å²) in [7, 11) is 0. The molecule has 2 N–H and O–H groups in total. The number of rotatable bonds is 5. The van der Waals surface area contributed by atoms with Gasteiger partial charge in [-0.3, -0.25) is 4.79 Å². The van der Waals surface area contributed by atoms with E-state index in [-0.39, 0.29) is 11.7 Å². The van der Waals surface area contributed by atoms with Crippen molar-refractivity contribution >= 4 is 23.1 Å². The second-order valence-electron chi connectivity index (χ2n) is 6.82. The lowest BCUT2D eigenvalue weighted by atomic mass is 10.1. The van der Waals surface area contributed by atoms with Gasteiger partial charge in [0.05, 0.1) is 5.69 Å². The summed E-state index contributed by atoms with van der Waals surface area (Å²) in [5.74, 6) is -0.0138. The van der Waals surface area contributed by atoms with Crippen molar-refractivity contribution in [1.29, 1.82) is 0 Å². The number of aryl methyl sites for hydroxylation is 1. The Kier molecular flexibility index (Phi) is 5.48. The molecule has 0 saturated carbocycles. The van der Waals surface area contributed by atoms with Crippen molar-refractivity contribution in [1.82, 2.24) is 9.97 Å². The Bertz CT molecular complexity index is 1190. The predicted octanol–water partition coefficient (Wildman–Crippen LogP) is 5.59. The summed E-state index contributed by atoms with van der Waals surface area (Å²) < 4.78 is 13.0. The van der Waals surface area contributed by atoms with E-state index >= 15 is 0 Å². The summed E-state index contributed by atoms with van der Waals surface area (Å²) in [4.78, 5) is 21.1. The molecule has 0 spiro atoms. The van der Waals surface area contributed by atoms with Crippen molar-refractivity contribution in [2.45, 2.75) is 6.92 Å². The van der Waals surface area contributed by atoms with Crippen LogP contribution in [0.4, 0.5) is 21.6 Å². The van der Waals surface area contributed by atoms with Gasteiger partial charge in [0.2, 0.25) is 0 Å². The third-order valence-corrected chi connectivity index (χ3v) is 4.48. The SMILES string of the molecule is Cc1cccc(-c2cc(Nc3cccc(C(=O)Nc4ccc(F)cc4)c3)ncn2)c1. The van der Waals surface area contributed by atoms with Crippen molar-refractivity contribution in [3.63, 3.8) is 0 Å². The lowest BCUT2D eigenvalue weighted by Gasteiger charge is -2.10. The number of benzene rings is 3. The molecule has 0 unspecified atom stereocenters. The predicted molar refractivity (Wildman–Crippen MR) is 116 cm³/mol. The van der Waals surface area contributed by atoms with Crippen LogP contribution in [0.1, 0.15) is 15.9 Å². The number of nitrogens with zero attached hydrogens (tertiary/aromatic N) is 2. The van der Waals surface area contributed by atoms with Gasteiger partial charge in [0, 0.05) is 28.6 Å². The molecule has 4 rings (SSSR count). The van der Waals surface area contributed by atoms with Gasteiger partial charge in [0.25, 0.3) is 5.91 Å². The van der Waals surface area contributed by atoms with Gasteiger partial charge >= 0.3 is 0 Å². The molecule has 0 atom stereocenters. The van der Waals surface area contributed by atoms with E-state index in [4.69, 9.17) is 0 Å². The molecular formula is C24H19FN4O. The largest absolute Gasteiger partial charge is 0.340 e. The summed E-state index contributed by atoms with van der Waals surface area (Å²) in [6, 6.07) is 22.7. The fourth-order valence-electron chi connectivity index (χ4n) is 3.01. The number of amides is 1. The van der Waals surface area contributed by atoms with E-state index < -0.39 is 0 Å². The molecule has 5 nitrogen and oxygen atoms in total. The van der Waals surface area contributed by atoms with Crippen LogP contribution in [-0.2, 0) is 0 Å². The Balaban J connectivity index is 1.51. The van der Waals surface area contributed by atoms with Crippen LogP contribution >= 0.6 is 0 Å². The Morgan fingerprint density at radius 1 is 0.867 bits per heavy atom. The minimum absolute atomic E-state index is 0.284. The molecule has 6 heteroatoms. The third-order valence-electron chi connectivity index (χ3n) is 4.48. The van der Waals surface area contributed by atoms with Crippen molar-refractivity contribution in [3.05, 3.63) is 102 Å². The number of nitrogens with one attached hydrogen (secondary N) is 2. The monoisotopic (exact) mass is 398 g/mol. The molecule has 0 aliphatic carbocycles. The van der Waals surface area contributed by atoms with Crippen molar-refractivity contribution in [2.24, 2.45) is 0 Å². The molecule has 3 aromatic carbocycles. The second kappa shape index (κ2) is 8.53. The first-order chi connectivity index (χ1) is 14.6. The zero-order valence-electron chi connectivity index (χ0n) is 16.3. The molecule has 0 aliphatic rings. The zero-order chi connectivity index (χ0) is 20.9. The van der Waals surface area contributed by atoms with E-state index in [1.807, 2.05) is 37.3 Å². The average molecular weight is 398 g/mol. The van der Waals surface area contributed by atoms with Gasteiger partial charge in [0.15, 0.2) is 0 Å². The lowest BCUT2D eigenvalue weighted by molar-refractivity contribution is 0.102. The third kappa shape index (κ3) is 4.67. The summed E-state index contributed by atoms with van der Waals surface area (Å²) in [6.07, 6.45) is 1.51. The molecule has 1 amide bonds. The number of halogens is 1. The Labute approximate surface area is 173 Å². The normalized spacial score (nSPS) is 10.5. The zero-order valence-corrected chi connectivity index (χ0v) is 16.3. The molecule has 4 aromatic rings. The maximum Gasteiger partial charge on any atom is 0.255 e. The maximum absolute atomic E-state index is 13.0. The van der Waals surface area contributed by atoms with Gasteiger partial charge in [-0.25, -0.2) is 14.4 Å². The fraction of sp³-hybridized carbons (Fsp3) is 0.0417. The van der Waals surface area contributed by atoms with Crippen LogP contribution in [0.5, 0.6) is 0 Å². The highest BCUT2D eigenvalue weighted by molar-refractivity contribution is 6.04. The van der Waals surface area contributed by atoms with E-state index in [1.165, 1.54) is 30.6 Å². The first-order valence-electron chi connectivity index (χ1n) is 9.40. The Morgan fingerprint density at radius 3 is 2.47 bits per heavy atom. The number of hydrogen-bond acceptors (Lipinski definition) is 4. The maximum atomic E-state index is 13.0. The van der Waals surface area contributed by atoms with Crippen LogP contribution in [0.25, 0.3) is 11.3 Å². The number of carbonyl (C=O) groups excluding carboxylic acids is 1. The molecule has 0 saturated heterocycles. The minimum atomic E-state index is -0.353. The summed E-state index contributed by atoms with van der Waals surface area (Å²) in [6.45, 7) is 2.03. The first kappa shape index (κ1) is 19.3. The molecule has 30 heavy (non-hydrogen) atoms.